The summed E-state index contributed by atoms with van der Waals surface area (Å²) in [6, 6.07) is 13.7. The number of ether oxygens (including phenoxy) is 2. The highest BCUT2D eigenvalue weighted by Gasteiger charge is 2.26. The molecule has 0 saturated carbocycles. The average molecular weight is 340 g/mol. The van der Waals surface area contributed by atoms with Crippen LogP contribution in [0.1, 0.15) is 16.7 Å². The molecular weight excluding hydrogens is 316 g/mol. The SMILES string of the molecule is COc1ccc(OC)c(CN(C)C(=O)[C@@H]2Cc3ccccc3CN2)c1. The molecule has 1 aliphatic heterocycles. The Labute approximate surface area is 148 Å². The van der Waals surface area contributed by atoms with E-state index in [0.717, 1.165) is 23.6 Å². The second-order valence-corrected chi connectivity index (χ2v) is 6.28. The first kappa shape index (κ1) is 17.3. The fraction of sp³-hybridized carbons (Fsp3) is 0.350. The molecule has 1 heterocycles. The summed E-state index contributed by atoms with van der Waals surface area (Å²) in [5.74, 6) is 1.59. The van der Waals surface area contributed by atoms with Crippen molar-refractivity contribution in [1.29, 1.82) is 0 Å². The lowest BCUT2D eigenvalue weighted by Gasteiger charge is -2.29. The largest absolute Gasteiger partial charge is 0.497 e. The van der Waals surface area contributed by atoms with Gasteiger partial charge in [0.2, 0.25) is 5.91 Å². The number of likely N-dealkylation sites (N-methyl/N-ethyl adjacent to an activating group) is 1. The molecule has 5 heteroatoms. The van der Waals surface area contributed by atoms with Crippen LogP contribution in [0.25, 0.3) is 0 Å². The normalized spacial score (nSPS) is 16.0. The Morgan fingerprint density at radius 1 is 1.16 bits per heavy atom. The third-order valence-electron chi connectivity index (χ3n) is 4.65. The van der Waals surface area contributed by atoms with E-state index in [0.29, 0.717) is 13.0 Å². The number of rotatable bonds is 5. The van der Waals surface area contributed by atoms with Crippen LogP contribution in [0.2, 0.25) is 0 Å². The van der Waals surface area contributed by atoms with Gasteiger partial charge in [-0.25, -0.2) is 0 Å². The molecular formula is C20H24N2O3. The quantitative estimate of drug-likeness (QED) is 0.908. The van der Waals surface area contributed by atoms with E-state index in [1.807, 2.05) is 37.4 Å². The Kier molecular flexibility index (Phi) is 5.24. The van der Waals surface area contributed by atoms with Crippen molar-refractivity contribution in [3.63, 3.8) is 0 Å². The number of methoxy groups -OCH3 is 2. The number of hydrogen-bond donors (Lipinski definition) is 1. The second-order valence-electron chi connectivity index (χ2n) is 6.28. The minimum atomic E-state index is -0.198. The maximum absolute atomic E-state index is 12.9. The zero-order valence-corrected chi connectivity index (χ0v) is 14.9. The molecule has 2 aromatic rings. The molecule has 132 valence electrons. The predicted molar refractivity (Wildman–Crippen MR) is 96.8 cm³/mol. The molecule has 3 rings (SSSR count). The van der Waals surface area contributed by atoms with Crippen molar-refractivity contribution in [3.05, 3.63) is 59.2 Å². The summed E-state index contributed by atoms with van der Waals surface area (Å²) in [6.45, 7) is 1.20. The lowest BCUT2D eigenvalue weighted by atomic mass is 9.95. The highest BCUT2D eigenvalue weighted by atomic mass is 16.5. The maximum atomic E-state index is 12.9. The van der Waals surface area contributed by atoms with Gasteiger partial charge < -0.3 is 19.7 Å². The Bertz CT molecular complexity index is 760. The third-order valence-corrected chi connectivity index (χ3v) is 4.65. The number of benzene rings is 2. The van der Waals surface area contributed by atoms with Crippen LogP contribution in [0, 0.1) is 0 Å². The van der Waals surface area contributed by atoms with Crippen LogP contribution < -0.4 is 14.8 Å². The van der Waals surface area contributed by atoms with Gasteiger partial charge in [-0.05, 0) is 35.7 Å². The van der Waals surface area contributed by atoms with Crippen LogP contribution >= 0.6 is 0 Å². The molecule has 5 nitrogen and oxygen atoms in total. The van der Waals surface area contributed by atoms with Gasteiger partial charge >= 0.3 is 0 Å². The molecule has 0 radical (unpaired) electrons. The molecule has 1 N–H and O–H groups in total. The van der Waals surface area contributed by atoms with E-state index in [-0.39, 0.29) is 11.9 Å². The van der Waals surface area contributed by atoms with Crippen molar-refractivity contribution >= 4 is 5.91 Å². The molecule has 25 heavy (non-hydrogen) atoms. The van der Waals surface area contributed by atoms with Crippen molar-refractivity contribution in [2.75, 3.05) is 21.3 Å². The average Bonchev–Trinajstić information content (AvgIpc) is 2.66. The van der Waals surface area contributed by atoms with Crippen molar-refractivity contribution in [2.45, 2.75) is 25.6 Å². The topological polar surface area (TPSA) is 50.8 Å². The Balaban J connectivity index is 1.71. The van der Waals surface area contributed by atoms with E-state index in [2.05, 4.69) is 17.4 Å². The van der Waals surface area contributed by atoms with Crippen LogP contribution in [-0.2, 0) is 24.3 Å². The van der Waals surface area contributed by atoms with Gasteiger partial charge in [-0.15, -0.1) is 0 Å². The minimum Gasteiger partial charge on any atom is -0.497 e. The molecule has 0 fully saturated rings. The summed E-state index contributed by atoms with van der Waals surface area (Å²) in [7, 11) is 5.08. The molecule has 1 atom stereocenters. The first-order valence-corrected chi connectivity index (χ1v) is 8.38. The van der Waals surface area contributed by atoms with Crippen molar-refractivity contribution < 1.29 is 14.3 Å². The number of carbonyl (C=O) groups is 1. The van der Waals surface area contributed by atoms with Crippen LogP contribution in [-0.4, -0.2) is 38.1 Å². The summed E-state index contributed by atoms with van der Waals surface area (Å²) in [4.78, 5) is 14.6. The van der Waals surface area contributed by atoms with Gasteiger partial charge in [-0.3, -0.25) is 4.79 Å². The molecule has 2 aromatic carbocycles. The number of hydrogen-bond acceptors (Lipinski definition) is 4. The zero-order valence-electron chi connectivity index (χ0n) is 14.9. The lowest BCUT2D eigenvalue weighted by molar-refractivity contribution is -0.132. The number of nitrogens with zero attached hydrogens (tertiary/aromatic N) is 1. The van der Waals surface area contributed by atoms with Gasteiger partial charge in [0.25, 0.3) is 0 Å². The maximum Gasteiger partial charge on any atom is 0.240 e. The van der Waals surface area contributed by atoms with E-state index < -0.39 is 0 Å². The Morgan fingerprint density at radius 3 is 2.64 bits per heavy atom. The summed E-state index contributed by atoms with van der Waals surface area (Å²) in [5, 5.41) is 3.35. The van der Waals surface area contributed by atoms with Gasteiger partial charge in [-0.2, -0.15) is 0 Å². The van der Waals surface area contributed by atoms with E-state index in [4.69, 9.17) is 9.47 Å². The first-order valence-electron chi connectivity index (χ1n) is 8.38. The number of fused-ring (bicyclic) bond motifs is 1. The van der Waals surface area contributed by atoms with Crippen LogP contribution in [0.3, 0.4) is 0 Å². The molecule has 0 aromatic heterocycles. The third kappa shape index (κ3) is 3.77. The van der Waals surface area contributed by atoms with Crippen LogP contribution in [0.4, 0.5) is 0 Å². The summed E-state index contributed by atoms with van der Waals surface area (Å²) >= 11 is 0. The second kappa shape index (κ2) is 7.57. The molecule has 1 amide bonds. The fourth-order valence-electron chi connectivity index (χ4n) is 3.23. The van der Waals surface area contributed by atoms with E-state index in [1.54, 1.807) is 19.1 Å². The number of carbonyl (C=O) groups excluding carboxylic acids is 1. The van der Waals surface area contributed by atoms with Gasteiger partial charge in [0.05, 0.1) is 20.3 Å². The summed E-state index contributed by atoms with van der Waals surface area (Å²) in [6.07, 6.45) is 0.717. The lowest BCUT2D eigenvalue weighted by Crippen LogP contribution is -2.48. The molecule has 0 aliphatic carbocycles. The molecule has 0 saturated heterocycles. The highest BCUT2D eigenvalue weighted by molar-refractivity contribution is 5.82. The van der Waals surface area contributed by atoms with Crippen molar-refractivity contribution in [2.24, 2.45) is 0 Å². The van der Waals surface area contributed by atoms with Crippen LogP contribution in [0.5, 0.6) is 11.5 Å². The van der Waals surface area contributed by atoms with Gasteiger partial charge in [-0.1, -0.05) is 24.3 Å². The van der Waals surface area contributed by atoms with Crippen molar-refractivity contribution in [3.8, 4) is 11.5 Å². The van der Waals surface area contributed by atoms with Gasteiger partial charge in [0.1, 0.15) is 11.5 Å². The number of nitrogens with one attached hydrogen (secondary N) is 1. The summed E-state index contributed by atoms with van der Waals surface area (Å²) in [5.41, 5.74) is 3.43. The summed E-state index contributed by atoms with van der Waals surface area (Å²) < 4.78 is 10.7. The zero-order chi connectivity index (χ0) is 17.8. The monoisotopic (exact) mass is 340 g/mol. The van der Waals surface area contributed by atoms with Crippen LogP contribution in [0.15, 0.2) is 42.5 Å². The fourth-order valence-corrected chi connectivity index (χ4v) is 3.23. The standard InChI is InChI=1S/C20H24N2O3/c1-22(13-16-10-17(24-2)8-9-19(16)25-3)20(23)18-11-14-6-4-5-7-15(14)12-21-18/h4-10,18,21H,11-13H2,1-3H3/t18-/m0/s1. The molecule has 0 spiro atoms. The Hall–Kier alpha value is -2.53. The molecule has 0 unspecified atom stereocenters. The molecule has 0 bridgehead atoms. The predicted octanol–water partition coefficient (Wildman–Crippen LogP) is 2.38. The van der Waals surface area contributed by atoms with E-state index in [9.17, 15) is 4.79 Å². The van der Waals surface area contributed by atoms with Gasteiger partial charge in [0.15, 0.2) is 0 Å². The van der Waals surface area contributed by atoms with Crippen molar-refractivity contribution in [1.82, 2.24) is 10.2 Å². The van der Waals surface area contributed by atoms with Gasteiger partial charge in [0, 0.05) is 25.7 Å². The smallest absolute Gasteiger partial charge is 0.240 e. The van der Waals surface area contributed by atoms with E-state index >= 15 is 0 Å². The Morgan fingerprint density at radius 2 is 1.92 bits per heavy atom. The number of amides is 1. The molecule has 1 aliphatic rings. The first-order chi connectivity index (χ1) is 12.1. The minimum absolute atomic E-state index is 0.0828. The van der Waals surface area contributed by atoms with E-state index in [1.165, 1.54) is 11.1 Å². The highest BCUT2D eigenvalue weighted by Crippen LogP contribution is 2.25.